The van der Waals surface area contributed by atoms with Crippen LogP contribution in [0.25, 0.3) is 11.3 Å². The molecule has 4 aromatic rings. The lowest BCUT2D eigenvalue weighted by atomic mass is 9.78. The van der Waals surface area contributed by atoms with E-state index in [1.54, 1.807) is 0 Å². The molecule has 0 spiro atoms. The Bertz CT molecular complexity index is 1320. The molecule has 0 bridgehead atoms. The maximum atomic E-state index is 4.97. The Morgan fingerprint density at radius 3 is 2.64 bits per heavy atom. The second-order valence-electron chi connectivity index (χ2n) is 9.70. The minimum atomic E-state index is 0.294. The summed E-state index contributed by atoms with van der Waals surface area (Å²) in [5, 5.41) is 3.42. The van der Waals surface area contributed by atoms with E-state index in [4.69, 9.17) is 4.98 Å². The summed E-state index contributed by atoms with van der Waals surface area (Å²) >= 11 is 3.63. The summed E-state index contributed by atoms with van der Waals surface area (Å²) in [6.07, 6.45) is 6.45. The quantitative estimate of drug-likeness (QED) is 0.237. The van der Waals surface area contributed by atoms with Crippen molar-refractivity contribution >= 4 is 27.6 Å². The molecular weight excluding hydrogens is 508 g/mol. The van der Waals surface area contributed by atoms with Gasteiger partial charge in [0.1, 0.15) is 0 Å². The van der Waals surface area contributed by atoms with Crippen molar-refractivity contribution in [3.63, 3.8) is 0 Å². The number of aromatic nitrogens is 2. The second kappa shape index (κ2) is 11.4. The number of hydrogen-bond donors (Lipinski definition) is 1. The molecule has 0 aliphatic heterocycles. The Morgan fingerprint density at radius 1 is 1.00 bits per heavy atom. The normalized spacial score (nSPS) is 14.4. The van der Waals surface area contributed by atoms with Gasteiger partial charge in [0.25, 0.3) is 0 Å². The van der Waals surface area contributed by atoms with Crippen LogP contribution in [0.2, 0.25) is 0 Å². The van der Waals surface area contributed by atoms with Gasteiger partial charge in [-0.25, -0.2) is 9.97 Å². The molecule has 0 radical (unpaired) electrons. The van der Waals surface area contributed by atoms with Crippen molar-refractivity contribution in [2.45, 2.75) is 38.5 Å². The third-order valence-corrected chi connectivity index (χ3v) is 7.51. The van der Waals surface area contributed by atoms with Crippen molar-refractivity contribution in [3.05, 3.63) is 106 Å². The van der Waals surface area contributed by atoms with Crippen LogP contribution < -0.4 is 5.32 Å². The highest BCUT2D eigenvalue weighted by atomic mass is 79.9. The maximum absolute atomic E-state index is 4.97. The van der Waals surface area contributed by atoms with E-state index in [9.17, 15) is 0 Å². The van der Waals surface area contributed by atoms with E-state index in [-0.39, 0.29) is 0 Å². The lowest BCUT2D eigenvalue weighted by molar-refractivity contribution is 0.332. The summed E-state index contributed by atoms with van der Waals surface area (Å²) in [7, 11) is 2.21. The number of fused-ring (bicyclic) bond motifs is 3. The predicted octanol–water partition coefficient (Wildman–Crippen LogP) is 7.61. The van der Waals surface area contributed by atoms with Crippen LogP contribution in [0.1, 0.15) is 47.9 Å². The summed E-state index contributed by atoms with van der Waals surface area (Å²) in [4.78, 5) is 12.1. The Balaban J connectivity index is 1.32. The van der Waals surface area contributed by atoms with Crippen molar-refractivity contribution in [2.75, 3.05) is 25.5 Å². The van der Waals surface area contributed by atoms with Crippen LogP contribution >= 0.6 is 15.9 Å². The van der Waals surface area contributed by atoms with Gasteiger partial charge in [-0.15, -0.1) is 0 Å². The fourth-order valence-electron chi connectivity index (χ4n) is 4.96. The number of nitrogens with one attached hydrogen (secondary N) is 1. The number of nitrogens with zero attached hydrogens (tertiary/aromatic N) is 3. The third kappa shape index (κ3) is 5.69. The molecule has 0 fully saturated rings. The van der Waals surface area contributed by atoms with Crippen molar-refractivity contribution in [2.24, 2.45) is 0 Å². The molecule has 184 valence electrons. The molecule has 4 nitrogen and oxygen atoms in total. The minimum Gasteiger partial charge on any atom is -0.324 e. The molecular formula is C31H33BrN4. The zero-order valence-corrected chi connectivity index (χ0v) is 22.6. The Labute approximate surface area is 222 Å². The molecule has 0 saturated heterocycles. The van der Waals surface area contributed by atoms with E-state index >= 15 is 0 Å². The van der Waals surface area contributed by atoms with Gasteiger partial charge in [-0.3, -0.25) is 0 Å². The molecule has 1 aromatic heterocycles. The summed E-state index contributed by atoms with van der Waals surface area (Å²) in [5.74, 6) is 0.929. The van der Waals surface area contributed by atoms with Crippen molar-refractivity contribution < 1.29 is 0 Å². The predicted molar refractivity (Wildman–Crippen MR) is 153 cm³/mol. The first-order valence-electron chi connectivity index (χ1n) is 12.9. The van der Waals surface area contributed by atoms with Gasteiger partial charge in [-0.05, 0) is 79.4 Å². The molecule has 1 N–H and O–H groups in total. The standard InChI is InChI=1S/C31H33BrN4/c1-3-4-17-36(2)18-16-22-12-14-26(15-13-22)34-31-33-21-24-20-29(23-8-7-9-25(32)19-23)27-10-5-6-11-28(27)30(24)35-31/h5-15,19,21,29H,3-4,16-18,20H2,1-2H3,(H,33,34,35). The maximum Gasteiger partial charge on any atom is 0.227 e. The lowest BCUT2D eigenvalue weighted by Gasteiger charge is -2.27. The van der Waals surface area contributed by atoms with Crippen LogP contribution in [0.5, 0.6) is 0 Å². The Hall–Kier alpha value is -3.02. The van der Waals surface area contributed by atoms with E-state index < -0.39 is 0 Å². The summed E-state index contributed by atoms with van der Waals surface area (Å²) in [6, 6.07) is 25.9. The highest BCUT2D eigenvalue weighted by Crippen LogP contribution is 2.42. The third-order valence-electron chi connectivity index (χ3n) is 7.02. The molecule has 1 aliphatic carbocycles. The second-order valence-corrected chi connectivity index (χ2v) is 10.6. The van der Waals surface area contributed by atoms with E-state index in [0.29, 0.717) is 11.9 Å². The molecule has 1 heterocycles. The first kappa shape index (κ1) is 24.7. The monoisotopic (exact) mass is 540 g/mol. The van der Waals surface area contributed by atoms with Gasteiger partial charge in [0.15, 0.2) is 0 Å². The zero-order chi connectivity index (χ0) is 24.9. The van der Waals surface area contributed by atoms with Gasteiger partial charge in [0, 0.05) is 34.4 Å². The van der Waals surface area contributed by atoms with E-state index in [2.05, 4.69) is 118 Å². The summed E-state index contributed by atoms with van der Waals surface area (Å²) < 4.78 is 1.11. The number of hydrogen-bond acceptors (Lipinski definition) is 4. The summed E-state index contributed by atoms with van der Waals surface area (Å²) in [5.41, 5.74) is 8.39. The van der Waals surface area contributed by atoms with Crippen molar-refractivity contribution in [1.82, 2.24) is 14.9 Å². The molecule has 0 saturated carbocycles. The van der Waals surface area contributed by atoms with E-state index in [1.165, 1.54) is 47.2 Å². The van der Waals surface area contributed by atoms with Crippen molar-refractivity contribution in [3.8, 4) is 11.3 Å². The van der Waals surface area contributed by atoms with Crippen LogP contribution in [0.3, 0.4) is 0 Å². The van der Waals surface area contributed by atoms with Gasteiger partial charge in [0.05, 0.1) is 5.69 Å². The lowest BCUT2D eigenvalue weighted by Crippen LogP contribution is -2.22. The zero-order valence-electron chi connectivity index (χ0n) is 21.0. The van der Waals surface area contributed by atoms with E-state index in [1.807, 2.05) is 6.20 Å². The van der Waals surface area contributed by atoms with E-state index in [0.717, 1.165) is 35.2 Å². The van der Waals surface area contributed by atoms with Crippen molar-refractivity contribution in [1.29, 1.82) is 0 Å². The van der Waals surface area contributed by atoms with Crippen LogP contribution in [0.4, 0.5) is 11.6 Å². The number of rotatable bonds is 9. The molecule has 1 aliphatic rings. The number of benzene rings is 3. The summed E-state index contributed by atoms with van der Waals surface area (Å²) in [6.45, 7) is 4.49. The molecule has 5 heteroatoms. The van der Waals surface area contributed by atoms with Gasteiger partial charge in [-0.2, -0.15) is 0 Å². The van der Waals surface area contributed by atoms with Gasteiger partial charge < -0.3 is 10.2 Å². The average molecular weight is 542 g/mol. The molecule has 3 aromatic carbocycles. The average Bonchev–Trinajstić information content (AvgIpc) is 2.91. The fraction of sp³-hybridized carbons (Fsp3) is 0.290. The van der Waals surface area contributed by atoms with Crippen LogP contribution in [0.15, 0.2) is 83.5 Å². The Morgan fingerprint density at radius 2 is 1.83 bits per heavy atom. The fourth-order valence-corrected chi connectivity index (χ4v) is 5.38. The molecule has 1 unspecified atom stereocenters. The molecule has 0 amide bonds. The topological polar surface area (TPSA) is 41.0 Å². The Kier molecular flexibility index (Phi) is 7.78. The first-order chi connectivity index (χ1) is 17.6. The molecule has 1 atom stereocenters. The minimum absolute atomic E-state index is 0.294. The SMILES string of the molecule is CCCCN(C)CCc1ccc(Nc2ncc3c(n2)-c2ccccc2C(c2cccc(Br)c2)C3)cc1. The van der Waals surface area contributed by atoms with Gasteiger partial charge in [-0.1, -0.05) is 77.8 Å². The molecule has 5 rings (SSSR count). The van der Waals surface area contributed by atoms with Gasteiger partial charge >= 0.3 is 0 Å². The van der Waals surface area contributed by atoms with Crippen LogP contribution in [-0.2, 0) is 12.8 Å². The van der Waals surface area contributed by atoms with Gasteiger partial charge in [0.2, 0.25) is 5.95 Å². The number of halogens is 1. The molecule has 36 heavy (non-hydrogen) atoms. The number of likely N-dealkylation sites (N-methyl/N-ethyl adjacent to an activating group) is 1. The smallest absolute Gasteiger partial charge is 0.227 e. The highest BCUT2D eigenvalue weighted by Gasteiger charge is 2.27. The number of unbranched alkanes of at least 4 members (excludes halogenated alkanes) is 1. The number of anilines is 2. The van der Waals surface area contributed by atoms with Crippen LogP contribution in [-0.4, -0.2) is 35.0 Å². The highest BCUT2D eigenvalue weighted by molar-refractivity contribution is 9.10. The largest absolute Gasteiger partial charge is 0.324 e. The first-order valence-corrected chi connectivity index (χ1v) is 13.6. The van der Waals surface area contributed by atoms with Crippen LogP contribution in [0, 0.1) is 0 Å².